The zero-order valence-corrected chi connectivity index (χ0v) is 13.3. The number of hydrogen-bond acceptors (Lipinski definition) is 5. The van der Waals surface area contributed by atoms with Gasteiger partial charge in [0.25, 0.3) is 11.6 Å². The number of nitrogens with zero attached hydrogens (tertiary/aromatic N) is 1. The van der Waals surface area contributed by atoms with E-state index in [0.717, 1.165) is 18.9 Å². The Hall–Kier alpha value is -2.48. The van der Waals surface area contributed by atoms with Crippen LogP contribution in [0.25, 0.3) is 0 Å². The van der Waals surface area contributed by atoms with Crippen molar-refractivity contribution in [2.75, 3.05) is 26.3 Å². The van der Waals surface area contributed by atoms with Gasteiger partial charge in [-0.2, -0.15) is 0 Å². The van der Waals surface area contributed by atoms with Gasteiger partial charge in [0.15, 0.2) is 0 Å². The number of carbonyl (C=O) groups excluding carboxylic acids is 2. The molecular formula is C16H21N3O5. The van der Waals surface area contributed by atoms with Crippen molar-refractivity contribution < 1.29 is 19.2 Å². The number of amides is 2. The Morgan fingerprint density at radius 1 is 1.29 bits per heavy atom. The van der Waals surface area contributed by atoms with Crippen molar-refractivity contribution in [2.45, 2.75) is 19.3 Å². The van der Waals surface area contributed by atoms with Gasteiger partial charge >= 0.3 is 0 Å². The number of nitro benzene ring substituents is 1. The van der Waals surface area contributed by atoms with Gasteiger partial charge in [0.2, 0.25) is 5.91 Å². The lowest BCUT2D eigenvalue weighted by Gasteiger charge is -2.07. The van der Waals surface area contributed by atoms with Crippen LogP contribution in [0.3, 0.4) is 0 Å². The maximum absolute atomic E-state index is 11.9. The van der Waals surface area contributed by atoms with Crippen molar-refractivity contribution in [3.63, 3.8) is 0 Å². The fourth-order valence-electron chi connectivity index (χ4n) is 2.02. The first-order valence-corrected chi connectivity index (χ1v) is 7.93. The van der Waals surface area contributed by atoms with E-state index in [4.69, 9.17) is 4.74 Å². The van der Waals surface area contributed by atoms with E-state index in [1.807, 2.05) is 0 Å². The van der Waals surface area contributed by atoms with Crippen molar-refractivity contribution in [3.05, 3.63) is 39.9 Å². The number of rotatable bonds is 10. The first-order chi connectivity index (χ1) is 11.6. The van der Waals surface area contributed by atoms with E-state index in [1.165, 1.54) is 37.1 Å². The minimum Gasteiger partial charge on any atom is -0.381 e. The molecule has 130 valence electrons. The van der Waals surface area contributed by atoms with Crippen LogP contribution in [0.15, 0.2) is 24.3 Å². The summed E-state index contributed by atoms with van der Waals surface area (Å²) in [5.41, 5.74) is -0.0243. The van der Waals surface area contributed by atoms with E-state index in [9.17, 15) is 19.7 Å². The largest absolute Gasteiger partial charge is 0.381 e. The number of carbonyl (C=O) groups is 2. The van der Waals surface area contributed by atoms with E-state index >= 15 is 0 Å². The fraction of sp³-hybridized carbons (Fsp3) is 0.500. The maximum Gasteiger partial charge on any atom is 0.270 e. The second kappa shape index (κ2) is 8.97. The molecule has 0 bridgehead atoms. The number of nitro groups is 1. The molecule has 2 N–H and O–H groups in total. The summed E-state index contributed by atoms with van der Waals surface area (Å²) in [6, 6.07) is 5.35. The molecule has 8 nitrogen and oxygen atoms in total. The number of non-ortho nitro benzene ring substituents is 1. The van der Waals surface area contributed by atoms with Crippen LogP contribution in [0.4, 0.5) is 5.69 Å². The third-order valence-electron chi connectivity index (χ3n) is 3.57. The molecule has 1 aromatic carbocycles. The number of benzene rings is 1. The summed E-state index contributed by atoms with van der Waals surface area (Å²) >= 11 is 0. The SMILES string of the molecule is O=C(CNC(=O)c1cccc([N+](=O)[O-])c1)NCCCOCC1CC1. The van der Waals surface area contributed by atoms with Gasteiger partial charge in [-0.15, -0.1) is 0 Å². The van der Waals surface area contributed by atoms with Crippen LogP contribution in [0.5, 0.6) is 0 Å². The highest BCUT2D eigenvalue weighted by Crippen LogP contribution is 2.28. The van der Waals surface area contributed by atoms with Gasteiger partial charge in [0.05, 0.1) is 11.5 Å². The standard InChI is InChI=1S/C16H21N3O5/c20-15(17-7-2-8-24-11-12-5-6-12)10-18-16(21)13-3-1-4-14(9-13)19(22)23/h1,3-4,9,12H,2,5-8,10-11H2,(H,17,20)(H,18,21). The average Bonchev–Trinajstić information content (AvgIpc) is 3.40. The zero-order valence-electron chi connectivity index (χ0n) is 13.3. The molecular weight excluding hydrogens is 314 g/mol. The van der Waals surface area contributed by atoms with Gasteiger partial charge in [-0.3, -0.25) is 19.7 Å². The predicted octanol–water partition coefficient (Wildman–Crippen LogP) is 1.26. The van der Waals surface area contributed by atoms with Crippen molar-refractivity contribution in [3.8, 4) is 0 Å². The molecule has 0 aliphatic heterocycles. The van der Waals surface area contributed by atoms with Crippen LogP contribution in [-0.4, -0.2) is 43.0 Å². The van der Waals surface area contributed by atoms with Crippen LogP contribution >= 0.6 is 0 Å². The lowest BCUT2D eigenvalue weighted by atomic mass is 10.2. The summed E-state index contributed by atoms with van der Waals surface area (Å²) in [6.07, 6.45) is 3.22. The minimum absolute atomic E-state index is 0.144. The molecule has 8 heteroatoms. The number of nitrogens with one attached hydrogen (secondary N) is 2. The molecule has 1 aromatic rings. The Kier molecular flexibility index (Phi) is 6.68. The first-order valence-electron chi connectivity index (χ1n) is 7.93. The molecule has 0 heterocycles. The van der Waals surface area contributed by atoms with E-state index < -0.39 is 10.8 Å². The Balaban J connectivity index is 1.60. The van der Waals surface area contributed by atoms with Gasteiger partial charge in [-0.1, -0.05) is 6.07 Å². The average molecular weight is 335 g/mol. The second-order valence-electron chi connectivity index (χ2n) is 5.71. The Morgan fingerprint density at radius 3 is 2.79 bits per heavy atom. The molecule has 1 aliphatic carbocycles. The van der Waals surface area contributed by atoms with Gasteiger partial charge in [-0.05, 0) is 31.2 Å². The summed E-state index contributed by atoms with van der Waals surface area (Å²) in [7, 11) is 0. The minimum atomic E-state index is -0.575. The Labute approximate surface area is 139 Å². The molecule has 2 rings (SSSR count). The summed E-state index contributed by atoms with van der Waals surface area (Å²) in [4.78, 5) is 33.6. The Morgan fingerprint density at radius 2 is 2.08 bits per heavy atom. The normalized spacial score (nSPS) is 13.3. The van der Waals surface area contributed by atoms with E-state index in [-0.39, 0.29) is 23.7 Å². The van der Waals surface area contributed by atoms with E-state index in [1.54, 1.807) is 0 Å². The van der Waals surface area contributed by atoms with Crippen molar-refractivity contribution in [1.29, 1.82) is 0 Å². The summed E-state index contributed by atoms with van der Waals surface area (Å²) in [5.74, 6) is -0.110. The first kappa shape index (κ1) is 17.9. The highest BCUT2D eigenvalue weighted by Gasteiger charge is 2.20. The molecule has 24 heavy (non-hydrogen) atoms. The second-order valence-corrected chi connectivity index (χ2v) is 5.71. The fourth-order valence-corrected chi connectivity index (χ4v) is 2.02. The molecule has 1 aliphatic rings. The highest BCUT2D eigenvalue weighted by atomic mass is 16.6. The highest BCUT2D eigenvalue weighted by molar-refractivity contribution is 5.96. The molecule has 1 saturated carbocycles. The third kappa shape index (κ3) is 6.33. The van der Waals surface area contributed by atoms with Crippen LogP contribution in [0.2, 0.25) is 0 Å². The summed E-state index contributed by atoms with van der Waals surface area (Å²) in [6.45, 7) is 1.71. The predicted molar refractivity (Wildman–Crippen MR) is 86.6 cm³/mol. The molecule has 0 radical (unpaired) electrons. The zero-order chi connectivity index (χ0) is 17.4. The molecule has 0 unspecified atom stereocenters. The van der Waals surface area contributed by atoms with Crippen molar-refractivity contribution in [2.24, 2.45) is 5.92 Å². The lowest BCUT2D eigenvalue weighted by Crippen LogP contribution is -2.37. The molecule has 2 amide bonds. The van der Waals surface area contributed by atoms with Crippen LogP contribution in [-0.2, 0) is 9.53 Å². The smallest absolute Gasteiger partial charge is 0.270 e. The van der Waals surface area contributed by atoms with Crippen LogP contribution in [0.1, 0.15) is 29.6 Å². The topological polar surface area (TPSA) is 111 Å². The number of hydrogen-bond donors (Lipinski definition) is 2. The molecule has 0 spiro atoms. The van der Waals surface area contributed by atoms with Gasteiger partial charge in [-0.25, -0.2) is 0 Å². The third-order valence-corrected chi connectivity index (χ3v) is 3.57. The number of ether oxygens (including phenoxy) is 1. The van der Waals surface area contributed by atoms with Crippen LogP contribution < -0.4 is 10.6 Å². The van der Waals surface area contributed by atoms with Crippen LogP contribution in [0, 0.1) is 16.0 Å². The van der Waals surface area contributed by atoms with E-state index in [0.29, 0.717) is 13.2 Å². The molecule has 1 fully saturated rings. The maximum atomic E-state index is 11.9. The quantitative estimate of drug-likeness (QED) is 0.380. The van der Waals surface area contributed by atoms with Crippen molar-refractivity contribution in [1.82, 2.24) is 10.6 Å². The lowest BCUT2D eigenvalue weighted by molar-refractivity contribution is -0.384. The summed E-state index contributed by atoms with van der Waals surface area (Å²) < 4.78 is 5.45. The summed E-state index contributed by atoms with van der Waals surface area (Å²) in [5, 5.41) is 15.8. The molecule has 0 atom stereocenters. The van der Waals surface area contributed by atoms with Crippen molar-refractivity contribution >= 4 is 17.5 Å². The Bertz CT molecular complexity index is 601. The molecule has 0 aromatic heterocycles. The molecule has 0 saturated heterocycles. The van der Waals surface area contributed by atoms with Gasteiger partial charge in [0, 0.05) is 37.5 Å². The van der Waals surface area contributed by atoms with Gasteiger partial charge in [0.1, 0.15) is 0 Å². The van der Waals surface area contributed by atoms with Gasteiger partial charge < -0.3 is 15.4 Å². The van der Waals surface area contributed by atoms with E-state index in [2.05, 4.69) is 10.6 Å². The monoisotopic (exact) mass is 335 g/mol.